The van der Waals surface area contributed by atoms with Gasteiger partial charge in [0.1, 0.15) is 17.3 Å². The maximum Gasteiger partial charge on any atom is 0.278 e. The molecule has 150 valence electrons. The van der Waals surface area contributed by atoms with Gasteiger partial charge in [-0.2, -0.15) is 0 Å². The molecule has 2 amide bonds. The third-order valence-electron chi connectivity index (χ3n) is 4.91. The minimum absolute atomic E-state index is 0.0757. The molecule has 1 aliphatic rings. The molecule has 0 aromatic heterocycles. The van der Waals surface area contributed by atoms with Gasteiger partial charge in [-0.15, -0.1) is 0 Å². The Morgan fingerprint density at radius 1 is 0.833 bits per heavy atom. The third kappa shape index (κ3) is 3.72. The van der Waals surface area contributed by atoms with Crippen LogP contribution in [0.15, 0.2) is 78.5 Å². The van der Waals surface area contributed by atoms with E-state index in [9.17, 15) is 18.4 Å². The fraction of sp³-hybridized carbons (Fsp3) is 0.0833. The van der Waals surface area contributed by atoms with Gasteiger partial charge in [0.05, 0.1) is 12.1 Å². The number of aryl methyl sites for hydroxylation is 1. The van der Waals surface area contributed by atoms with Crippen molar-refractivity contribution in [1.82, 2.24) is 4.90 Å². The average molecular weight is 404 g/mol. The fourth-order valence-electron chi connectivity index (χ4n) is 3.30. The molecule has 0 saturated heterocycles. The van der Waals surface area contributed by atoms with Crippen LogP contribution in [0.2, 0.25) is 0 Å². The molecular formula is C24H18F2N2O2. The van der Waals surface area contributed by atoms with Crippen molar-refractivity contribution >= 4 is 23.1 Å². The van der Waals surface area contributed by atoms with Gasteiger partial charge >= 0.3 is 0 Å². The van der Waals surface area contributed by atoms with Gasteiger partial charge in [0.15, 0.2) is 0 Å². The van der Waals surface area contributed by atoms with E-state index in [1.165, 1.54) is 36.4 Å². The Morgan fingerprint density at radius 3 is 2.17 bits per heavy atom. The molecule has 0 bridgehead atoms. The lowest BCUT2D eigenvalue weighted by Crippen LogP contribution is -2.32. The predicted molar refractivity (Wildman–Crippen MR) is 110 cm³/mol. The Morgan fingerprint density at radius 2 is 1.50 bits per heavy atom. The number of carbonyl (C=O) groups is 2. The van der Waals surface area contributed by atoms with Crippen molar-refractivity contribution in [2.45, 2.75) is 13.5 Å². The summed E-state index contributed by atoms with van der Waals surface area (Å²) in [7, 11) is 0. The number of rotatable bonds is 5. The second-order valence-electron chi connectivity index (χ2n) is 7.04. The molecule has 1 aliphatic heterocycles. The number of hydrogen-bond donors (Lipinski definition) is 1. The highest BCUT2D eigenvalue weighted by atomic mass is 19.1. The molecule has 4 rings (SSSR count). The Hall–Kier alpha value is -3.80. The van der Waals surface area contributed by atoms with Crippen LogP contribution in [-0.2, 0) is 16.1 Å². The van der Waals surface area contributed by atoms with Crippen LogP contribution in [0.25, 0.3) is 5.57 Å². The molecule has 0 fully saturated rings. The van der Waals surface area contributed by atoms with E-state index in [0.717, 1.165) is 10.5 Å². The predicted octanol–water partition coefficient (Wildman–Crippen LogP) is 4.67. The molecule has 0 saturated carbocycles. The van der Waals surface area contributed by atoms with Crippen LogP contribution in [0.5, 0.6) is 0 Å². The van der Waals surface area contributed by atoms with Crippen molar-refractivity contribution in [1.29, 1.82) is 0 Å². The van der Waals surface area contributed by atoms with Crippen molar-refractivity contribution in [3.8, 4) is 0 Å². The number of imide groups is 1. The number of hydrogen-bond acceptors (Lipinski definition) is 3. The molecule has 0 radical (unpaired) electrons. The number of amides is 2. The first kappa shape index (κ1) is 19.5. The van der Waals surface area contributed by atoms with E-state index in [1.54, 1.807) is 24.3 Å². The minimum atomic E-state index is -0.567. The first-order chi connectivity index (χ1) is 14.4. The number of benzene rings is 3. The molecule has 30 heavy (non-hydrogen) atoms. The molecular weight excluding hydrogens is 386 g/mol. The summed E-state index contributed by atoms with van der Waals surface area (Å²) in [5.74, 6) is -2.08. The normalized spacial score (nSPS) is 13.9. The highest BCUT2D eigenvalue weighted by molar-refractivity contribution is 6.36. The Labute approximate surface area is 172 Å². The quantitative estimate of drug-likeness (QED) is 0.629. The summed E-state index contributed by atoms with van der Waals surface area (Å²) in [4.78, 5) is 27.3. The molecule has 1 heterocycles. The van der Waals surface area contributed by atoms with Crippen LogP contribution >= 0.6 is 0 Å². The number of halogens is 2. The van der Waals surface area contributed by atoms with Gasteiger partial charge in [-0.05, 0) is 42.8 Å². The van der Waals surface area contributed by atoms with Gasteiger partial charge in [-0.3, -0.25) is 14.5 Å². The second kappa shape index (κ2) is 7.91. The maximum absolute atomic E-state index is 14.1. The molecule has 0 aliphatic carbocycles. The molecule has 0 atom stereocenters. The topological polar surface area (TPSA) is 49.4 Å². The first-order valence-corrected chi connectivity index (χ1v) is 9.37. The second-order valence-corrected chi connectivity index (χ2v) is 7.04. The van der Waals surface area contributed by atoms with E-state index in [4.69, 9.17) is 0 Å². The lowest BCUT2D eigenvalue weighted by atomic mass is 10.0. The summed E-state index contributed by atoms with van der Waals surface area (Å²) < 4.78 is 27.5. The van der Waals surface area contributed by atoms with Crippen LogP contribution in [0.1, 0.15) is 16.7 Å². The van der Waals surface area contributed by atoms with E-state index in [-0.39, 0.29) is 23.4 Å². The van der Waals surface area contributed by atoms with Crippen LogP contribution in [-0.4, -0.2) is 16.7 Å². The van der Waals surface area contributed by atoms with Crippen molar-refractivity contribution < 1.29 is 18.4 Å². The van der Waals surface area contributed by atoms with E-state index in [2.05, 4.69) is 5.32 Å². The summed E-state index contributed by atoms with van der Waals surface area (Å²) in [6.45, 7) is 1.74. The molecule has 6 heteroatoms. The summed E-state index contributed by atoms with van der Waals surface area (Å²) in [6, 6.07) is 18.7. The van der Waals surface area contributed by atoms with Crippen LogP contribution in [0.4, 0.5) is 14.5 Å². The van der Waals surface area contributed by atoms with E-state index in [0.29, 0.717) is 11.3 Å². The van der Waals surface area contributed by atoms with Crippen molar-refractivity contribution in [2.24, 2.45) is 0 Å². The Balaban J connectivity index is 1.74. The molecule has 0 unspecified atom stereocenters. The van der Waals surface area contributed by atoms with E-state index < -0.39 is 23.4 Å². The van der Waals surface area contributed by atoms with Gasteiger partial charge in [0.25, 0.3) is 11.8 Å². The van der Waals surface area contributed by atoms with Crippen LogP contribution in [0, 0.1) is 18.6 Å². The summed E-state index contributed by atoms with van der Waals surface area (Å²) >= 11 is 0. The Kier molecular flexibility index (Phi) is 5.14. The van der Waals surface area contributed by atoms with E-state index in [1.807, 2.05) is 19.1 Å². The first-order valence-electron chi connectivity index (χ1n) is 9.37. The largest absolute Gasteiger partial charge is 0.350 e. The lowest BCUT2D eigenvalue weighted by Gasteiger charge is -2.16. The van der Waals surface area contributed by atoms with Crippen molar-refractivity contribution in [3.05, 3.63) is 107 Å². The summed E-state index contributed by atoms with van der Waals surface area (Å²) in [5.41, 5.74) is 2.51. The Bertz CT molecular complexity index is 1150. The summed E-state index contributed by atoms with van der Waals surface area (Å²) in [6.07, 6.45) is 0. The van der Waals surface area contributed by atoms with Crippen LogP contribution in [0.3, 0.4) is 0 Å². The van der Waals surface area contributed by atoms with Gasteiger partial charge < -0.3 is 5.32 Å². The van der Waals surface area contributed by atoms with Gasteiger partial charge in [0.2, 0.25) is 0 Å². The highest BCUT2D eigenvalue weighted by Crippen LogP contribution is 2.32. The van der Waals surface area contributed by atoms with Gasteiger partial charge in [-0.1, -0.05) is 48.0 Å². The molecule has 3 aromatic rings. The minimum Gasteiger partial charge on any atom is -0.350 e. The number of carbonyl (C=O) groups excluding carboxylic acids is 2. The average Bonchev–Trinajstić information content (AvgIpc) is 2.96. The SMILES string of the molecule is Cc1ccc(NC2=C(c3ccc(F)cc3)C(=O)N(Cc3ccccc3F)C2=O)cc1. The lowest BCUT2D eigenvalue weighted by molar-refractivity contribution is -0.137. The third-order valence-corrected chi connectivity index (χ3v) is 4.91. The number of anilines is 1. The van der Waals surface area contributed by atoms with Crippen molar-refractivity contribution in [2.75, 3.05) is 5.32 Å². The van der Waals surface area contributed by atoms with Crippen molar-refractivity contribution in [3.63, 3.8) is 0 Å². The standard InChI is InChI=1S/C24H18F2N2O2/c1-15-6-12-19(13-7-15)27-22-21(16-8-10-18(25)11-9-16)23(29)28(24(22)30)14-17-4-2-3-5-20(17)26/h2-13,27H,14H2,1H3. The van der Waals surface area contributed by atoms with Crippen LogP contribution < -0.4 is 5.32 Å². The number of nitrogens with zero attached hydrogens (tertiary/aromatic N) is 1. The molecule has 4 nitrogen and oxygen atoms in total. The zero-order valence-electron chi connectivity index (χ0n) is 16.2. The van der Waals surface area contributed by atoms with E-state index >= 15 is 0 Å². The molecule has 3 aromatic carbocycles. The maximum atomic E-state index is 14.1. The monoisotopic (exact) mass is 404 g/mol. The summed E-state index contributed by atoms with van der Waals surface area (Å²) in [5, 5.41) is 3.02. The smallest absolute Gasteiger partial charge is 0.278 e. The van der Waals surface area contributed by atoms with Gasteiger partial charge in [0, 0.05) is 11.3 Å². The number of nitrogens with one attached hydrogen (secondary N) is 1. The molecule has 1 N–H and O–H groups in total. The fourth-order valence-corrected chi connectivity index (χ4v) is 3.30. The highest BCUT2D eigenvalue weighted by Gasteiger charge is 2.39. The zero-order chi connectivity index (χ0) is 21.3. The zero-order valence-corrected chi connectivity index (χ0v) is 16.2. The van der Waals surface area contributed by atoms with Gasteiger partial charge in [-0.25, -0.2) is 8.78 Å². The molecule has 0 spiro atoms.